The number of amides is 1. The Labute approximate surface area is 190 Å². The molecule has 1 aliphatic heterocycles. The normalized spacial score (nSPS) is 16.4. The van der Waals surface area contributed by atoms with Crippen molar-refractivity contribution < 1.29 is 9.53 Å². The van der Waals surface area contributed by atoms with Crippen molar-refractivity contribution in [1.82, 2.24) is 19.7 Å². The average molecular weight is 433 g/mol. The van der Waals surface area contributed by atoms with Crippen LogP contribution in [0.25, 0.3) is 11.1 Å². The average Bonchev–Trinajstić information content (AvgIpc) is 3.40. The number of aromatic nitrogens is 3. The molecule has 0 spiro atoms. The molecule has 1 saturated heterocycles. The molecule has 0 saturated carbocycles. The van der Waals surface area contributed by atoms with Crippen LogP contribution in [0.15, 0.2) is 42.5 Å². The van der Waals surface area contributed by atoms with Gasteiger partial charge in [-0.1, -0.05) is 32.9 Å². The summed E-state index contributed by atoms with van der Waals surface area (Å²) in [6.45, 7) is 9.06. The van der Waals surface area contributed by atoms with Gasteiger partial charge >= 0.3 is 0 Å². The van der Waals surface area contributed by atoms with Gasteiger partial charge in [0, 0.05) is 24.7 Å². The molecule has 0 aliphatic carbocycles. The predicted octanol–water partition coefficient (Wildman–Crippen LogP) is 5.07. The van der Waals surface area contributed by atoms with Crippen molar-refractivity contribution >= 4 is 5.91 Å². The summed E-state index contributed by atoms with van der Waals surface area (Å²) in [5.41, 5.74) is 5.48. The summed E-state index contributed by atoms with van der Waals surface area (Å²) in [6.07, 6.45) is 1.87. The monoisotopic (exact) mass is 432 g/mol. The Bertz CT molecular complexity index is 1140. The van der Waals surface area contributed by atoms with Crippen LogP contribution in [0.3, 0.4) is 0 Å². The van der Waals surface area contributed by atoms with Crippen molar-refractivity contribution in [3.05, 3.63) is 65.2 Å². The minimum absolute atomic E-state index is 0.0178. The maximum Gasteiger partial charge on any atom is 0.272 e. The van der Waals surface area contributed by atoms with E-state index < -0.39 is 0 Å². The fraction of sp³-hybridized carbons (Fsp3) is 0.423. The SMILES string of the molecule is COc1cccc(-c2cc(C)nc(C3CCCN3C(=O)c3cc(C(C)(C)C)nn3C)c2)c1. The van der Waals surface area contributed by atoms with Crippen molar-refractivity contribution in [2.45, 2.75) is 52.0 Å². The highest BCUT2D eigenvalue weighted by Crippen LogP contribution is 2.35. The van der Waals surface area contributed by atoms with Gasteiger partial charge in [0.15, 0.2) is 0 Å². The molecule has 0 bridgehead atoms. The van der Waals surface area contributed by atoms with Gasteiger partial charge in [-0.25, -0.2) is 0 Å². The molecule has 6 nitrogen and oxygen atoms in total. The lowest BCUT2D eigenvalue weighted by atomic mass is 9.92. The molecule has 32 heavy (non-hydrogen) atoms. The second-order valence-corrected chi connectivity index (χ2v) is 9.60. The fourth-order valence-corrected chi connectivity index (χ4v) is 4.33. The highest BCUT2D eigenvalue weighted by atomic mass is 16.5. The number of benzene rings is 1. The maximum absolute atomic E-state index is 13.5. The standard InChI is InChI=1S/C26H32N4O2/c1-17-13-19(18-9-7-10-20(14-18)32-6)15-21(27-17)22-11-8-12-30(22)25(31)23-16-24(26(2,3)4)28-29(23)5/h7,9-10,13-16,22H,8,11-12H2,1-6H3. The van der Waals surface area contributed by atoms with Gasteiger partial charge in [0.25, 0.3) is 5.91 Å². The van der Waals surface area contributed by atoms with Gasteiger partial charge in [-0.05, 0) is 61.2 Å². The fourth-order valence-electron chi connectivity index (χ4n) is 4.33. The number of rotatable bonds is 4. The number of likely N-dealkylation sites (tertiary alicyclic amines) is 1. The van der Waals surface area contributed by atoms with Crippen molar-refractivity contribution in [2.75, 3.05) is 13.7 Å². The van der Waals surface area contributed by atoms with Crippen LogP contribution >= 0.6 is 0 Å². The third-order valence-electron chi connectivity index (χ3n) is 6.10. The second-order valence-electron chi connectivity index (χ2n) is 9.60. The second kappa shape index (κ2) is 8.41. The Morgan fingerprint density at radius 2 is 1.91 bits per heavy atom. The van der Waals surface area contributed by atoms with Crippen molar-refractivity contribution in [1.29, 1.82) is 0 Å². The molecule has 1 amide bonds. The van der Waals surface area contributed by atoms with E-state index in [1.165, 1.54) is 0 Å². The van der Waals surface area contributed by atoms with Crippen molar-refractivity contribution in [3.63, 3.8) is 0 Å². The number of pyridine rings is 1. The number of carbonyl (C=O) groups excluding carboxylic acids is 1. The van der Waals surface area contributed by atoms with E-state index >= 15 is 0 Å². The number of aryl methyl sites for hydroxylation is 2. The third-order valence-corrected chi connectivity index (χ3v) is 6.10. The number of ether oxygens (including phenoxy) is 1. The zero-order valence-corrected chi connectivity index (χ0v) is 19.8. The van der Waals surface area contributed by atoms with Crippen LogP contribution in [0.5, 0.6) is 5.75 Å². The molecule has 1 aromatic carbocycles. The quantitative estimate of drug-likeness (QED) is 0.577. The van der Waals surface area contributed by atoms with Gasteiger partial charge in [0.05, 0.1) is 24.5 Å². The Hall–Kier alpha value is -3.15. The van der Waals surface area contributed by atoms with Crippen molar-refractivity contribution in [2.24, 2.45) is 7.05 Å². The zero-order valence-electron chi connectivity index (χ0n) is 19.8. The Morgan fingerprint density at radius 3 is 2.59 bits per heavy atom. The first-order chi connectivity index (χ1) is 15.2. The van der Waals surface area contributed by atoms with E-state index in [1.54, 1.807) is 11.8 Å². The van der Waals surface area contributed by atoms with Crippen LogP contribution < -0.4 is 4.74 Å². The van der Waals surface area contributed by atoms with Gasteiger partial charge in [0.2, 0.25) is 0 Å². The number of carbonyl (C=O) groups is 1. The summed E-state index contributed by atoms with van der Waals surface area (Å²) in [4.78, 5) is 20.3. The number of nitrogens with zero attached hydrogens (tertiary/aromatic N) is 4. The summed E-state index contributed by atoms with van der Waals surface area (Å²) in [5.74, 6) is 0.839. The van der Waals surface area contributed by atoms with E-state index in [0.29, 0.717) is 5.69 Å². The number of hydrogen-bond donors (Lipinski definition) is 0. The van der Waals surface area contributed by atoms with Gasteiger partial charge in [-0.3, -0.25) is 14.5 Å². The summed E-state index contributed by atoms with van der Waals surface area (Å²) < 4.78 is 7.11. The van der Waals surface area contributed by atoms with Gasteiger partial charge in [-0.2, -0.15) is 5.10 Å². The highest BCUT2D eigenvalue weighted by molar-refractivity contribution is 5.93. The molecule has 3 heterocycles. The summed E-state index contributed by atoms with van der Waals surface area (Å²) >= 11 is 0. The van der Waals surface area contributed by atoms with E-state index in [2.05, 4.69) is 44.1 Å². The van der Waals surface area contributed by atoms with E-state index in [1.807, 2.05) is 43.1 Å². The van der Waals surface area contributed by atoms with Gasteiger partial charge in [-0.15, -0.1) is 0 Å². The first-order valence-electron chi connectivity index (χ1n) is 11.2. The van der Waals surface area contributed by atoms with Crippen molar-refractivity contribution in [3.8, 4) is 16.9 Å². The lowest BCUT2D eigenvalue weighted by Crippen LogP contribution is -2.32. The van der Waals surface area contributed by atoms with Gasteiger partial charge < -0.3 is 9.64 Å². The summed E-state index contributed by atoms with van der Waals surface area (Å²) in [7, 11) is 3.52. The topological polar surface area (TPSA) is 60.2 Å². The van der Waals surface area contributed by atoms with Gasteiger partial charge in [0.1, 0.15) is 11.4 Å². The number of methoxy groups -OCH3 is 1. The molecule has 0 N–H and O–H groups in total. The largest absolute Gasteiger partial charge is 0.497 e. The van der Waals surface area contributed by atoms with Crippen LogP contribution in [0.1, 0.15) is 67.2 Å². The molecule has 2 aromatic heterocycles. The minimum Gasteiger partial charge on any atom is -0.497 e. The zero-order chi connectivity index (χ0) is 23.0. The van der Waals surface area contributed by atoms with E-state index in [-0.39, 0.29) is 17.4 Å². The van der Waals surface area contributed by atoms with Crippen LogP contribution in [0, 0.1) is 6.92 Å². The number of hydrogen-bond acceptors (Lipinski definition) is 4. The van der Waals surface area contributed by atoms with Crippen LogP contribution in [0.4, 0.5) is 0 Å². The lowest BCUT2D eigenvalue weighted by molar-refractivity contribution is 0.0721. The summed E-state index contributed by atoms with van der Waals surface area (Å²) in [5, 5.41) is 4.60. The highest BCUT2D eigenvalue weighted by Gasteiger charge is 2.34. The first kappa shape index (κ1) is 22.1. The Balaban J connectivity index is 1.67. The molecule has 1 unspecified atom stereocenters. The first-order valence-corrected chi connectivity index (χ1v) is 11.2. The predicted molar refractivity (Wildman–Crippen MR) is 126 cm³/mol. The molecule has 0 radical (unpaired) electrons. The van der Waals surface area contributed by atoms with E-state index in [4.69, 9.17) is 9.72 Å². The third kappa shape index (κ3) is 4.27. The maximum atomic E-state index is 13.5. The van der Waals surface area contributed by atoms with E-state index in [9.17, 15) is 4.79 Å². The smallest absolute Gasteiger partial charge is 0.272 e. The summed E-state index contributed by atoms with van der Waals surface area (Å²) in [6, 6.07) is 14.1. The molecule has 4 rings (SSSR count). The molecule has 168 valence electrons. The Morgan fingerprint density at radius 1 is 1.12 bits per heavy atom. The molecule has 3 aromatic rings. The molecule has 1 aliphatic rings. The van der Waals surface area contributed by atoms with Crippen LogP contribution in [-0.4, -0.2) is 39.2 Å². The molecule has 1 fully saturated rings. The molecule has 1 atom stereocenters. The van der Waals surface area contributed by atoms with Crippen LogP contribution in [0.2, 0.25) is 0 Å². The Kier molecular flexibility index (Phi) is 5.80. The minimum atomic E-state index is -0.107. The van der Waals surface area contributed by atoms with Crippen LogP contribution in [-0.2, 0) is 12.5 Å². The molecular weight excluding hydrogens is 400 g/mol. The molecule has 6 heteroatoms. The lowest BCUT2D eigenvalue weighted by Gasteiger charge is -2.25. The van der Waals surface area contributed by atoms with E-state index in [0.717, 1.165) is 53.3 Å². The molecular formula is C26H32N4O2.